The van der Waals surface area contributed by atoms with Crippen molar-refractivity contribution in [1.82, 2.24) is 14.1 Å². The van der Waals surface area contributed by atoms with Crippen LogP contribution in [0.2, 0.25) is 0 Å². The maximum Gasteiger partial charge on any atom is 0.501 e. The van der Waals surface area contributed by atoms with Crippen LogP contribution in [0.4, 0.5) is 18.9 Å². The van der Waals surface area contributed by atoms with Gasteiger partial charge in [0.15, 0.2) is 0 Å². The quantitative estimate of drug-likeness (QED) is 0.391. The number of nitrogens with zero attached hydrogens (tertiary/aromatic N) is 3. The Morgan fingerprint density at radius 2 is 1.70 bits per heavy atom. The number of carbonyl (C=O) groups excluding carboxylic acids is 1. The molecule has 0 aliphatic carbocycles. The molecule has 0 spiro atoms. The van der Waals surface area contributed by atoms with Crippen LogP contribution in [0.3, 0.4) is 0 Å². The smallest absolute Gasteiger partial charge is 0.493 e. The maximum absolute atomic E-state index is 13.2. The third-order valence-corrected chi connectivity index (χ3v) is 7.10. The summed E-state index contributed by atoms with van der Waals surface area (Å²) in [5.74, 6) is -0.881. The van der Waals surface area contributed by atoms with Crippen molar-refractivity contribution in [3.05, 3.63) is 100 Å². The Labute approximate surface area is 208 Å². The fourth-order valence-electron chi connectivity index (χ4n) is 3.59. The van der Waals surface area contributed by atoms with E-state index in [1.165, 1.54) is 23.9 Å². The molecule has 0 aliphatic rings. The number of hydrogen-bond donors (Lipinski definition) is 2. The molecule has 0 radical (unpaired) electrons. The van der Waals surface area contributed by atoms with Gasteiger partial charge in [-0.15, -0.1) is 0 Å². The van der Waals surface area contributed by atoms with Crippen molar-refractivity contribution in [2.24, 2.45) is 0 Å². The maximum atomic E-state index is 13.2. The number of amides is 1. The lowest BCUT2D eigenvalue weighted by molar-refractivity contribution is -0.0436. The molecule has 2 aromatic heterocycles. The lowest BCUT2D eigenvalue weighted by atomic mass is 10.2. The van der Waals surface area contributed by atoms with E-state index in [2.05, 4.69) is 10.3 Å². The van der Waals surface area contributed by atoms with Crippen LogP contribution in [0.1, 0.15) is 21.6 Å². The molecule has 0 unspecified atom stereocenters. The lowest BCUT2D eigenvalue weighted by Gasteiger charge is -2.11. The van der Waals surface area contributed by atoms with Gasteiger partial charge >= 0.3 is 11.2 Å². The number of alkyl halides is 3. The fraction of sp³-hybridized carbons (Fsp3) is 0.125. The van der Waals surface area contributed by atoms with Crippen LogP contribution >= 0.6 is 0 Å². The third-order valence-electron chi connectivity index (χ3n) is 5.60. The highest BCUT2D eigenvalue weighted by molar-refractivity contribution is 7.92. The zero-order chi connectivity index (χ0) is 27.0. The molecular weight excluding hydrogens is 513 g/mol. The number of anilines is 1. The minimum atomic E-state index is -5.57. The molecule has 0 atom stereocenters. The number of nitrogens with one attached hydrogen (secondary N) is 1. The van der Waals surface area contributed by atoms with Gasteiger partial charge in [0.2, 0.25) is 5.88 Å². The Balaban J connectivity index is 1.67. The predicted molar refractivity (Wildman–Crippen MR) is 127 cm³/mol. The summed E-state index contributed by atoms with van der Waals surface area (Å²) in [6, 6.07) is 13.4. The van der Waals surface area contributed by atoms with Crippen LogP contribution in [0, 0.1) is 6.92 Å². The number of benzene rings is 2. The lowest BCUT2D eigenvalue weighted by Crippen LogP contribution is -2.25. The largest absolute Gasteiger partial charge is 0.501 e. The molecule has 2 heterocycles. The monoisotopic (exact) mass is 532 g/mol. The van der Waals surface area contributed by atoms with E-state index in [4.69, 9.17) is 0 Å². The first kappa shape index (κ1) is 25.7. The molecule has 0 saturated carbocycles. The molecule has 37 heavy (non-hydrogen) atoms. The highest BCUT2D eigenvalue weighted by Gasteiger charge is 2.46. The molecule has 4 aromatic rings. The zero-order valence-electron chi connectivity index (χ0n) is 19.1. The summed E-state index contributed by atoms with van der Waals surface area (Å²) in [6.45, 7) is 1.37. The fourth-order valence-corrected chi connectivity index (χ4v) is 4.35. The minimum Gasteiger partial charge on any atom is -0.493 e. The Morgan fingerprint density at radius 3 is 2.32 bits per heavy atom. The molecule has 4 rings (SSSR count). The van der Waals surface area contributed by atoms with Crippen molar-refractivity contribution >= 4 is 21.4 Å². The predicted octanol–water partition coefficient (Wildman–Crippen LogP) is 3.64. The number of hydrogen-bond acceptors (Lipinski definition) is 6. The van der Waals surface area contributed by atoms with E-state index in [0.29, 0.717) is 28.9 Å². The van der Waals surface area contributed by atoms with Crippen molar-refractivity contribution in [2.45, 2.75) is 23.9 Å². The second-order valence-electron chi connectivity index (χ2n) is 7.91. The number of sulfone groups is 1. The summed E-state index contributed by atoms with van der Waals surface area (Å²) in [5.41, 5.74) is -4.90. The van der Waals surface area contributed by atoms with Crippen LogP contribution < -0.4 is 11.0 Å². The minimum absolute atomic E-state index is 0.0437. The van der Waals surface area contributed by atoms with Crippen LogP contribution in [0.15, 0.2) is 82.7 Å². The summed E-state index contributed by atoms with van der Waals surface area (Å²) in [4.78, 5) is 28.8. The first-order chi connectivity index (χ1) is 17.4. The number of rotatable bonds is 6. The van der Waals surface area contributed by atoms with E-state index < -0.39 is 37.7 Å². The molecule has 192 valence electrons. The highest BCUT2D eigenvalue weighted by atomic mass is 32.2. The number of aromatic nitrogens is 3. The SMILES string of the molecule is Cc1c(O)n(-c2ccc(S(=O)(=O)C(F)(F)F)cc2)c(=O)n1Cc1ccncc1NC(=O)c1ccccc1. The Bertz CT molecular complexity index is 1630. The van der Waals surface area contributed by atoms with E-state index in [1.807, 2.05) is 0 Å². The second kappa shape index (κ2) is 9.58. The van der Waals surface area contributed by atoms with Gasteiger partial charge in [-0.05, 0) is 55.0 Å². The number of imidazole rings is 1. The van der Waals surface area contributed by atoms with Crippen molar-refractivity contribution in [2.75, 3.05) is 5.32 Å². The Morgan fingerprint density at radius 1 is 1.05 bits per heavy atom. The molecule has 2 aromatic carbocycles. The van der Waals surface area contributed by atoms with Crippen LogP contribution in [0.5, 0.6) is 5.88 Å². The van der Waals surface area contributed by atoms with Gasteiger partial charge < -0.3 is 10.4 Å². The summed E-state index contributed by atoms with van der Waals surface area (Å²) in [7, 11) is -5.57. The molecule has 0 saturated heterocycles. The van der Waals surface area contributed by atoms with Gasteiger partial charge in [-0.3, -0.25) is 14.3 Å². The van der Waals surface area contributed by atoms with Crippen LogP contribution in [-0.2, 0) is 16.4 Å². The van der Waals surface area contributed by atoms with E-state index in [-0.39, 0.29) is 17.9 Å². The Kier molecular flexibility index (Phi) is 6.65. The summed E-state index contributed by atoms with van der Waals surface area (Å²) in [5, 5.41) is 13.4. The van der Waals surface area contributed by atoms with Crippen molar-refractivity contribution in [1.29, 1.82) is 0 Å². The van der Waals surface area contributed by atoms with Gasteiger partial charge in [-0.25, -0.2) is 17.8 Å². The number of halogens is 3. The normalized spacial score (nSPS) is 11.9. The third kappa shape index (κ3) is 4.85. The van der Waals surface area contributed by atoms with E-state index in [9.17, 15) is 36.3 Å². The van der Waals surface area contributed by atoms with Gasteiger partial charge in [0.25, 0.3) is 15.7 Å². The molecule has 9 nitrogen and oxygen atoms in total. The average Bonchev–Trinajstić information content (AvgIpc) is 3.08. The highest BCUT2D eigenvalue weighted by Crippen LogP contribution is 2.31. The molecular formula is C24H19F3N4O5S. The summed E-state index contributed by atoms with van der Waals surface area (Å²) in [6.07, 6.45) is 2.87. The van der Waals surface area contributed by atoms with Gasteiger partial charge in [0.1, 0.15) is 0 Å². The number of carbonyl (C=O) groups is 1. The molecule has 0 fully saturated rings. The summed E-state index contributed by atoms with van der Waals surface area (Å²) < 4.78 is 63.7. The standard InChI is InChI=1S/C24H19F3N4O5S/c1-15-22(33)31(18-7-9-19(10-8-18)37(35,36)24(25,26)27)23(34)30(15)14-17-11-12-28-13-20(17)29-21(32)16-5-3-2-4-6-16/h2-13,33H,14H2,1H3,(H,29,32). The van der Waals surface area contributed by atoms with E-state index >= 15 is 0 Å². The molecule has 13 heteroatoms. The average molecular weight is 533 g/mol. The number of pyridine rings is 1. The van der Waals surface area contributed by atoms with Gasteiger partial charge in [0, 0.05) is 11.8 Å². The van der Waals surface area contributed by atoms with Gasteiger partial charge in [0.05, 0.1) is 34.7 Å². The molecule has 0 bridgehead atoms. The Hall–Kier alpha value is -4.39. The molecule has 0 aliphatic heterocycles. The van der Waals surface area contributed by atoms with E-state index in [1.54, 1.807) is 36.4 Å². The second-order valence-corrected chi connectivity index (χ2v) is 9.85. The van der Waals surface area contributed by atoms with Crippen LogP contribution in [0.25, 0.3) is 5.69 Å². The van der Waals surface area contributed by atoms with Crippen molar-refractivity contribution in [3.63, 3.8) is 0 Å². The van der Waals surface area contributed by atoms with Gasteiger partial charge in [-0.1, -0.05) is 18.2 Å². The first-order valence-electron chi connectivity index (χ1n) is 10.6. The van der Waals surface area contributed by atoms with Crippen molar-refractivity contribution in [3.8, 4) is 11.6 Å². The zero-order valence-corrected chi connectivity index (χ0v) is 19.9. The summed E-state index contributed by atoms with van der Waals surface area (Å²) >= 11 is 0. The topological polar surface area (TPSA) is 123 Å². The first-order valence-corrected chi connectivity index (χ1v) is 12.1. The molecule has 1 amide bonds. The van der Waals surface area contributed by atoms with Crippen molar-refractivity contribution < 1.29 is 31.5 Å². The number of aromatic hydroxyl groups is 1. The van der Waals surface area contributed by atoms with Gasteiger partial charge in [-0.2, -0.15) is 13.2 Å². The van der Waals surface area contributed by atoms with Crippen LogP contribution in [-0.4, -0.2) is 39.1 Å². The van der Waals surface area contributed by atoms with E-state index in [0.717, 1.165) is 16.7 Å². The molecule has 2 N–H and O–H groups in total.